The van der Waals surface area contributed by atoms with Crippen molar-refractivity contribution in [1.29, 1.82) is 0 Å². The van der Waals surface area contributed by atoms with Crippen molar-refractivity contribution >= 4 is 27.9 Å². The average molecular weight is 215 g/mol. The van der Waals surface area contributed by atoms with Gasteiger partial charge < -0.3 is 16.5 Å². The van der Waals surface area contributed by atoms with Gasteiger partial charge >= 0.3 is 0 Å². The van der Waals surface area contributed by atoms with Crippen molar-refractivity contribution in [2.45, 2.75) is 0 Å². The maximum absolute atomic E-state index is 5.78. The molecule has 0 bridgehead atoms. The van der Waals surface area contributed by atoms with E-state index in [1.807, 2.05) is 35.9 Å². The van der Waals surface area contributed by atoms with Crippen LogP contribution in [0.2, 0.25) is 0 Å². The summed E-state index contributed by atoms with van der Waals surface area (Å²) in [5, 5.41) is 1.04. The van der Waals surface area contributed by atoms with E-state index in [1.54, 1.807) is 6.20 Å². The van der Waals surface area contributed by atoms with Crippen LogP contribution >= 0.6 is 0 Å². The van der Waals surface area contributed by atoms with Crippen molar-refractivity contribution in [3.8, 4) is 0 Å². The summed E-state index contributed by atoms with van der Waals surface area (Å²) in [5.41, 5.74) is 8.67. The van der Waals surface area contributed by atoms with Gasteiger partial charge in [0.2, 0.25) is 5.95 Å². The molecule has 1 aromatic carbocycles. The van der Waals surface area contributed by atoms with E-state index in [9.17, 15) is 0 Å². The molecule has 0 saturated heterocycles. The number of fused-ring (bicyclic) bond motifs is 3. The number of rotatable bonds is 0. The Morgan fingerprint density at radius 2 is 2.06 bits per heavy atom. The molecule has 0 spiro atoms. The molecule has 0 saturated carbocycles. The predicted octanol–water partition coefficient (Wildman–Crippen LogP) is 1.87. The van der Waals surface area contributed by atoms with Crippen molar-refractivity contribution in [3.63, 3.8) is 0 Å². The Kier molecular flexibility index (Phi) is 2.25. The molecule has 0 unspecified atom stereocenters. The molecule has 5 nitrogen and oxygen atoms in total. The number of pyridine rings is 1. The molecule has 0 aliphatic heterocycles. The summed E-state index contributed by atoms with van der Waals surface area (Å²) in [6, 6.07) is 7.90. The van der Waals surface area contributed by atoms with Gasteiger partial charge in [-0.1, -0.05) is 0 Å². The summed E-state index contributed by atoms with van der Waals surface area (Å²) in [5.74, 6) is 0.529. The molecule has 5 heteroatoms. The molecule has 16 heavy (non-hydrogen) atoms. The molecular formula is C11H13N5. The van der Waals surface area contributed by atoms with Crippen molar-refractivity contribution in [3.05, 3.63) is 30.5 Å². The largest absolute Gasteiger partial charge is 0.369 e. The molecule has 0 amide bonds. The van der Waals surface area contributed by atoms with Gasteiger partial charge in [0.05, 0.1) is 11.0 Å². The molecule has 3 aromatic rings. The van der Waals surface area contributed by atoms with Crippen molar-refractivity contribution in [2.24, 2.45) is 7.05 Å². The van der Waals surface area contributed by atoms with Gasteiger partial charge in [0, 0.05) is 18.6 Å². The summed E-state index contributed by atoms with van der Waals surface area (Å²) >= 11 is 0. The highest BCUT2D eigenvalue weighted by atomic mass is 15.1. The van der Waals surface area contributed by atoms with Crippen molar-refractivity contribution < 1.29 is 0 Å². The molecule has 2 aromatic heterocycles. The SMILES string of the molecule is Cn1c(N)nc2c3cccnc3ccc21.N. The quantitative estimate of drug-likeness (QED) is 0.598. The number of benzene rings is 1. The first-order valence-corrected chi connectivity index (χ1v) is 4.73. The minimum atomic E-state index is 0. The van der Waals surface area contributed by atoms with Gasteiger partial charge in [0.25, 0.3) is 0 Å². The molecule has 5 N–H and O–H groups in total. The Hall–Kier alpha value is -2.14. The standard InChI is InChI=1S/C11H10N4.H3N/c1-15-9-5-4-8-7(3-2-6-13-8)10(9)14-11(15)12;/h2-6H,1H3,(H2,12,14);1H3. The Morgan fingerprint density at radius 1 is 1.25 bits per heavy atom. The third-order valence-corrected chi connectivity index (χ3v) is 2.67. The van der Waals surface area contributed by atoms with Gasteiger partial charge in [-0.2, -0.15) is 0 Å². The summed E-state index contributed by atoms with van der Waals surface area (Å²) in [4.78, 5) is 8.62. The van der Waals surface area contributed by atoms with Crippen LogP contribution in [0.4, 0.5) is 5.95 Å². The van der Waals surface area contributed by atoms with Crippen LogP contribution in [0.5, 0.6) is 0 Å². The lowest BCUT2D eigenvalue weighted by Gasteiger charge is -1.98. The topological polar surface area (TPSA) is 91.7 Å². The Balaban J connectivity index is 0.000000963. The fourth-order valence-corrected chi connectivity index (χ4v) is 1.83. The molecule has 2 heterocycles. The molecule has 3 rings (SSSR count). The second-order valence-electron chi connectivity index (χ2n) is 3.53. The lowest BCUT2D eigenvalue weighted by atomic mass is 10.2. The number of anilines is 1. The maximum Gasteiger partial charge on any atom is 0.200 e. The first kappa shape index (κ1) is 10.4. The first-order chi connectivity index (χ1) is 7.27. The highest BCUT2D eigenvalue weighted by Crippen LogP contribution is 2.24. The molecule has 0 fully saturated rings. The normalized spacial score (nSPS) is 10.6. The van der Waals surface area contributed by atoms with Crippen LogP contribution in [0, 0.1) is 0 Å². The Labute approximate surface area is 92.5 Å². The lowest BCUT2D eigenvalue weighted by Crippen LogP contribution is -1.95. The fourth-order valence-electron chi connectivity index (χ4n) is 1.83. The van der Waals surface area contributed by atoms with E-state index in [0.717, 1.165) is 21.9 Å². The zero-order valence-corrected chi connectivity index (χ0v) is 9.01. The number of hydrogen-bond acceptors (Lipinski definition) is 4. The van der Waals surface area contributed by atoms with E-state index in [4.69, 9.17) is 5.73 Å². The fraction of sp³-hybridized carbons (Fsp3) is 0.0909. The van der Waals surface area contributed by atoms with E-state index in [0.29, 0.717) is 5.95 Å². The van der Waals surface area contributed by atoms with Gasteiger partial charge in [-0.3, -0.25) is 4.98 Å². The number of aromatic nitrogens is 3. The number of imidazole rings is 1. The zero-order chi connectivity index (χ0) is 10.4. The number of nitrogens with two attached hydrogens (primary N) is 1. The first-order valence-electron chi connectivity index (χ1n) is 4.73. The second kappa shape index (κ2) is 3.46. The smallest absolute Gasteiger partial charge is 0.200 e. The van der Waals surface area contributed by atoms with Crippen LogP contribution in [-0.2, 0) is 7.05 Å². The molecule has 0 aliphatic carbocycles. The minimum Gasteiger partial charge on any atom is -0.369 e. The van der Waals surface area contributed by atoms with Crippen molar-refractivity contribution in [1.82, 2.24) is 20.7 Å². The third-order valence-electron chi connectivity index (χ3n) is 2.67. The molecule has 82 valence electrons. The van der Waals surface area contributed by atoms with Crippen LogP contribution < -0.4 is 11.9 Å². The van der Waals surface area contributed by atoms with E-state index >= 15 is 0 Å². The summed E-state index contributed by atoms with van der Waals surface area (Å²) < 4.78 is 1.88. The van der Waals surface area contributed by atoms with Crippen molar-refractivity contribution in [2.75, 3.05) is 5.73 Å². The monoisotopic (exact) mass is 215 g/mol. The van der Waals surface area contributed by atoms with Gasteiger partial charge in [-0.15, -0.1) is 0 Å². The van der Waals surface area contributed by atoms with E-state index in [1.165, 1.54) is 0 Å². The number of hydrogen-bond donors (Lipinski definition) is 2. The second-order valence-corrected chi connectivity index (χ2v) is 3.53. The van der Waals surface area contributed by atoms with E-state index < -0.39 is 0 Å². The van der Waals surface area contributed by atoms with Crippen LogP contribution in [0.15, 0.2) is 30.5 Å². The van der Waals surface area contributed by atoms with Crippen LogP contribution in [-0.4, -0.2) is 14.5 Å². The summed E-state index contributed by atoms with van der Waals surface area (Å²) in [6.45, 7) is 0. The maximum atomic E-state index is 5.78. The van der Waals surface area contributed by atoms with Gasteiger partial charge in [-0.05, 0) is 24.3 Å². The van der Waals surface area contributed by atoms with Gasteiger partial charge in [-0.25, -0.2) is 4.98 Å². The van der Waals surface area contributed by atoms with E-state index in [2.05, 4.69) is 9.97 Å². The minimum absolute atomic E-state index is 0. The highest BCUT2D eigenvalue weighted by Gasteiger charge is 2.07. The Morgan fingerprint density at radius 3 is 2.88 bits per heavy atom. The molecule has 0 aliphatic rings. The average Bonchev–Trinajstić information content (AvgIpc) is 2.56. The Bertz CT molecular complexity index is 656. The molecule has 0 atom stereocenters. The number of aryl methyl sites for hydroxylation is 1. The van der Waals surface area contributed by atoms with Gasteiger partial charge in [0.1, 0.15) is 5.52 Å². The molecule has 0 radical (unpaired) electrons. The van der Waals surface area contributed by atoms with Crippen LogP contribution in [0.3, 0.4) is 0 Å². The van der Waals surface area contributed by atoms with Gasteiger partial charge in [0.15, 0.2) is 0 Å². The van der Waals surface area contributed by atoms with E-state index in [-0.39, 0.29) is 6.15 Å². The van der Waals surface area contributed by atoms with Crippen LogP contribution in [0.25, 0.3) is 21.9 Å². The highest BCUT2D eigenvalue weighted by molar-refractivity contribution is 6.03. The molecular weight excluding hydrogens is 202 g/mol. The van der Waals surface area contributed by atoms with Crippen LogP contribution in [0.1, 0.15) is 0 Å². The third kappa shape index (κ3) is 1.22. The predicted molar refractivity (Wildman–Crippen MR) is 65.4 cm³/mol. The summed E-state index contributed by atoms with van der Waals surface area (Å²) in [7, 11) is 1.91. The summed E-state index contributed by atoms with van der Waals surface area (Å²) in [6.07, 6.45) is 1.78. The number of nitrogens with zero attached hydrogens (tertiary/aromatic N) is 3. The lowest BCUT2D eigenvalue weighted by molar-refractivity contribution is 0.965. The zero-order valence-electron chi connectivity index (χ0n) is 9.01. The number of nitrogen functional groups attached to an aromatic ring is 1.